The van der Waals surface area contributed by atoms with Gasteiger partial charge in [-0.3, -0.25) is 10.1 Å². The van der Waals surface area contributed by atoms with Crippen LogP contribution in [-0.4, -0.2) is 30.0 Å². The van der Waals surface area contributed by atoms with Gasteiger partial charge in [0, 0.05) is 17.7 Å². The van der Waals surface area contributed by atoms with Gasteiger partial charge >= 0.3 is 5.97 Å². The quantitative estimate of drug-likeness (QED) is 0.198. The average molecular weight is 410 g/mol. The number of non-ortho nitro benzene ring substituents is 1. The van der Waals surface area contributed by atoms with Crippen molar-refractivity contribution in [3.05, 3.63) is 69.4 Å². The number of cyclic esters (lactones) is 1. The van der Waals surface area contributed by atoms with Gasteiger partial charge < -0.3 is 14.2 Å². The highest BCUT2D eigenvalue weighted by molar-refractivity contribution is 6.12. The van der Waals surface area contributed by atoms with E-state index >= 15 is 0 Å². The zero-order valence-electron chi connectivity index (χ0n) is 16.8. The van der Waals surface area contributed by atoms with E-state index in [1.807, 2.05) is 13.0 Å². The summed E-state index contributed by atoms with van der Waals surface area (Å²) >= 11 is 0. The summed E-state index contributed by atoms with van der Waals surface area (Å²) in [6.07, 6.45) is 3.58. The Balaban J connectivity index is 1.83. The maximum absolute atomic E-state index is 12.2. The number of nitro groups is 1. The van der Waals surface area contributed by atoms with Crippen molar-refractivity contribution in [3.63, 3.8) is 0 Å². The summed E-state index contributed by atoms with van der Waals surface area (Å²) in [5.41, 5.74) is 1.27. The predicted octanol–water partition coefficient (Wildman–Crippen LogP) is 4.52. The predicted molar refractivity (Wildman–Crippen MR) is 112 cm³/mol. The molecule has 0 fully saturated rings. The van der Waals surface area contributed by atoms with E-state index in [4.69, 9.17) is 14.2 Å². The zero-order chi connectivity index (χ0) is 21.5. The third-order valence-electron chi connectivity index (χ3n) is 4.27. The first-order valence-electron chi connectivity index (χ1n) is 9.68. The number of esters is 1. The number of unbranched alkanes of at least 4 members (excludes halogenated alkanes) is 1. The van der Waals surface area contributed by atoms with Gasteiger partial charge in [0.2, 0.25) is 5.90 Å². The minimum atomic E-state index is -0.593. The van der Waals surface area contributed by atoms with Crippen LogP contribution in [0, 0.1) is 10.1 Å². The normalized spacial score (nSPS) is 14.4. The Kier molecular flexibility index (Phi) is 6.79. The lowest BCUT2D eigenvalue weighted by Crippen LogP contribution is -2.05. The highest BCUT2D eigenvalue weighted by Gasteiger charge is 2.24. The zero-order valence-corrected chi connectivity index (χ0v) is 16.8. The molecule has 0 saturated heterocycles. The Morgan fingerprint density at radius 3 is 2.53 bits per heavy atom. The molecule has 0 aromatic heterocycles. The minimum Gasteiger partial charge on any atom is -0.490 e. The fraction of sp³-hybridized carbons (Fsp3) is 0.273. The van der Waals surface area contributed by atoms with Gasteiger partial charge in [-0.25, -0.2) is 9.79 Å². The second kappa shape index (κ2) is 9.69. The third-order valence-corrected chi connectivity index (χ3v) is 4.27. The van der Waals surface area contributed by atoms with Crippen LogP contribution in [0.5, 0.6) is 11.5 Å². The number of nitrogens with zero attached hydrogens (tertiary/aromatic N) is 2. The van der Waals surface area contributed by atoms with E-state index in [-0.39, 0.29) is 17.3 Å². The van der Waals surface area contributed by atoms with Gasteiger partial charge in [0.25, 0.3) is 5.69 Å². The number of aliphatic imine (C=N–C) groups is 1. The van der Waals surface area contributed by atoms with E-state index < -0.39 is 10.9 Å². The van der Waals surface area contributed by atoms with E-state index in [1.165, 1.54) is 24.3 Å². The molecule has 1 heterocycles. The SMILES string of the molecule is CCCCOc1ccc(/C=C2\N=C(c3ccc([N+](=O)[O-])cc3)OC2=O)cc1OCC. The Morgan fingerprint density at radius 1 is 1.10 bits per heavy atom. The molecule has 0 bridgehead atoms. The number of benzene rings is 2. The van der Waals surface area contributed by atoms with Gasteiger partial charge in [-0.05, 0) is 49.2 Å². The van der Waals surface area contributed by atoms with Crippen LogP contribution in [0.25, 0.3) is 6.08 Å². The molecule has 0 spiro atoms. The number of hydrogen-bond acceptors (Lipinski definition) is 7. The summed E-state index contributed by atoms with van der Waals surface area (Å²) in [7, 11) is 0. The molecule has 0 atom stereocenters. The number of rotatable bonds is 9. The maximum Gasteiger partial charge on any atom is 0.363 e. The summed E-state index contributed by atoms with van der Waals surface area (Å²) in [6.45, 7) is 5.06. The van der Waals surface area contributed by atoms with E-state index in [2.05, 4.69) is 11.9 Å². The third kappa shape index (κ3) is 5.02. The van der Waals surface area contributed by atoms with Gasteiger partial charge in [-0.2, -0.15) is 0 Å². The topological polar surface area (TPSA) is 100 Å². The Bertz CT molecular complexity index is 995. The van der Waals surface area contributed by atoms with Gasteiger partial charge in [0.15, 0.2) is 17.2 Å². The van der Waals surface area contributed by atoms with Crippen LogP contribution in [0.2, 0.25) is 0 Å². The summed E-state index contributed by atoms with van der Waals surface area (Å²) in [5, 5.41) is 10.8. The lowest BCUT2D eigenvalue weighted by Gasteiger charge is -2.12. The fourth-order valence-corrected chi connectivity index (χ4v) is 2.74. The second-order valence-corrected chi connectivity index (χ2v) is 6.48. The van der Waals surface area contributed by atoms with Crippen molar-refractivity contribution >= 4 is 23.6 Å². The fourth-order valence-electron chi connectivity index (χ4n) is 2.74. The molecule has 0 unspecified atom stereocenters. The molecule has 8 nitrogen and oxygen atoms in total. The first-order valence-corrected chi connectivity index (χ1v) is 9.68. The van der Waals surface area contributed by atoms with Crippen molar-refractivity contribution in [3.8, 4) is 11.5 Å². The van der Waals surface area contributed by atoms with Gasteiger partial charge in [-0.15, -0.1) is 0 Å². The van der Waals surface area contributed by atoms with Crippen molar-refractivity contribution < 1.29 is 23.9 Å². The van der Waals surface area contributed by atoms with Crippen molar-refractivity contribution in [2.24, 2.45) is 4.99 Å². The van der Waals surface area contributed by atoms with E-state index in [0.717, 1.165) is 12.8 Å². The summed E-state index contributed by atoms with van der Waals surface area (Å²) in [5.74, 6) is 0.751. The highest BCUT2D eigenvalue weighted by atomic mass is 16.6. The number of carbonyl (C=O) groups excluding carboxylic acids is 1. The van der Waals surface area contributed by atoms with Crippen LogP contribution >= 0.6 is 0 Å². The Morgan fingerprint density at radius 2 is 1.87 bits per heavy atom. The first-order chi connectivity index (χ1) is 14.5. The smallest absolute Gasteiger partial charge is 0.363 e. The molecule has 0 N–H and O–H groups in total. The molecular weight excluding hydrogens is 388 g/mol. The highest BCUT2D eigenvalue weighted by Crippen LogP contribution is 2.30. The maximum atomic E-state index is 12.2. The monoisotopic (exact) mass is 410 g/mol. The van der Waals surface area contributed by atoms with Crippen LogP contribution in [0.3, 0.4) is 0 Å². The van der Waals surface area contributed by atoms with Crippen LogP contribution < -0.4 is 9.47 Å². The van der Waals surface area contributed by atoms with Gasteiger partial charge in [0.05, 0.1) is 18.1 Å². The molecule has 2 aromatic rings. The number of nitro benzene ring substituents is 1. The van der Waals surface area contributed by atoms with Crippen LogP contribution in [-0.2, 0) is 9.53 Å². The Hall–Kier alpha value is -3.68. The van der Waals surface area contributed by atoms with Crippen LogP contribution in [0.4, 0.5) is 5.69 Å². The second-order valence-electron chi connectivity index (χ2n) is 6.48. The summed E-state index contributed by atoms with van der Waals surface area (Å²) in [6, 6.07) is 11.0. The van der Waals surface area contributed by atoms with E-state index in [1.54, 1.807) is 18.2 Å². The first kappa shape index (κ1) is 21.0. The van der Waals surface area contributed by atoms with Crippen molar-refractivity contribution in [2.45, 2.75) is 26.7 Å². The van der Waals surface area contributed by atoms with Gasteiger partial charge in [0.1, 0.15) is 0 Å². The van der Waals surface area contributed by atoms with E-state index in [0.29, 0.717) is 35.8 Å². The Labute approximate surface area is 173 Å². The molecule has 1 aliphatic heterocycles. The standard InChI is InChI=1S/C22H22N2O6/c1-3-5-12-29-19-11-6-15(14-20(19)28-4-2)13-18-22(25)30-21(23-18)16-7-9-17(10-8-16)24(26)27/h6-11,13-14H,3-5,12H2,1-2H3/b18-13-. The molecular formula is C22H22N2O6. The molecule has 0 saturated carbocycles. The molecule has 30 heavy (non-hydrogen) atoms. The number of hydrogen-bond donors (Lipinski definition) is 0. The molecule has 0 amide bonds. The summed E-state index contributed by atoms with van der Waals surface area (Å²) < 4.78 is 16.6. The average Bonchev–Trinajstić information content (AvgIpc) is 3.10. The molecule has 3 rings (SSSR count). The van der Waals surface area contributed by atoms with E-state index in [9.17, 15) is 14.9 Å². The van der Waals surface area contributed by atoms with Crippen molar-refractivity contribution in [1.82, 2.24) is 0 Å². The molecule has 2 aromatic carbocycles. The van der Waals surface area contributed by atoms with Crippen LogP contribution in [0.15, 0.2) is 53.2 Å². The van der Waals surface area contributed by atoms with Crippen molar-refractivity contribution in [2.75, 3.05) is 13.2 Å². The minimum absolute atomic E-state index is 0.0517. The summed E-state index contributed by atoms with van der Waals surface area (Å²) in [4.78, 5) is 26.7. The molecule has 0 aliphatic carbocycles. The van der Waals surface area contributed by atoms with Gasteiger partial charge in [-0.1, -0.05) is 19.4 Å². The lowest BCUT2D eigenvalue weighted by molar-refractivity contribution is -0.384. The molecule has 156 valence electrons. The molecule has 8 heteroatoms. The van der Waals surface area contributed by atoms with Crippen molar-refractivity contribution in [1.29, 1.82) is 0 Å². The number of ether oxygens (including phenoxy) is 3. The molecule has 1 aliphatic rings. The molecule has 0 radical (unpaired) electrons. The van der Waals surface area contributed by atoms with Crippen LogP contribution in [0.1, 0.15) is 37.8 Å². The lowest BCUT2D eigenvalue weighted by atomic mass is 10.1. The largest absolute Gasteiger partial charge is 0.490 e. The number of carbonyl (C=O) groups is 1.